The molecule has 2 N–H and O–H groups in total. The van der Waals surface area contributed by atoms with Crippen LogP contribution < -0.4 is 10.5 Å². The summed E-state index contributed by atoms with van der Waals surface area (Å²) in [6.45, 7) is 3.96. The average molecular weight is 237 g/mol. The summed E-state index contributed by atoms with van der Waals surface area (Å²) >= 11 is 0. The molecular formula is C13H19NO3. The largest absolute Gasteiger partial charge is 0.497 e. The predicted molar refractivity (Wildman–Crippen MR) is 65.8 cm³/mol. The van der Waals surface area contributed by atoms with Gasteiger partial charge in [0.15, 0.2) is 0 Å². The molecule has 94 valence electrons. The van der Waals surface area contributed by atoms with Gasteiger partial charge in [-0.15, -0.1) is 0 Å². The van der Waals surface area contributed by atoms with Gasteiger partial charge in [0.1, 0.15) is 5.75 Å². The fourth-order valence-corrected chi connectivity index (χ4v) is 1.59. The lowest BCUT2D eigenvalue weighted by Gasteiger charge is -2.24. The van der Waals surface area contributed by atoms with Crippen LogP contribution in [0.2, 0.25) is 0 Å². The molecule has 4 nitrogen and oxygen atoms in total. The first-order valence-electron chi connectivity index (χ1n) is 5.58. The molecule has 0 aliphatic carbocycles. The van der Waals surface area contributed by atoms with Crippen molar-refractivity contribution in [3.05, 3.63) is 29.8 Å². The van der Waals surface area contributed by atoms with Crippen molar-refractivity contribution in [2.45, 2.75) is 25.8 Å². The van der Waals surface area contributed by atoms with Gasteiger partial charge in [0, 0.05) is 5.54 Å². The fourth-order valence-electron chi connectivity index (χ4n) is 1.59. The zero-order valence-corrected chi connectivity index (χ0v) is 10.5. The second-order valence-electron chi connectivity index (χ2n) is 4.13. The maximum atomic E-state index is 11.4. The van der Waals surface area contributed by atoms with Crippen LogP contribution in [0.1, 0.15) is 25.8 Å². The Hall–Kier alpha value is -1.55. The van der Waals surface area contributed by atoms with Gasteiger partial charge in [0.2, 0.25) is 0 Å². The average Bonchev–Trinajstić information content (AvgIpc) is 2.28. The highest BCUT2D eigenvalue weighted by Gasteiger charge is 2.25. The molecule has 17 heavy (non-hydrogen) atoms. The number of hydrogen-bond acceptors (Lipinski definition) is 4. The molecular weight excluding hydrogens is 218 g/mol. The molecule has 0 spiro atoms. The van der Waals surface area contributed by atoms with Gasteiger partial charge < -0.3 is 15.2 Å². The van der Waals surface area contributed by atoms with Crippen molar-refractivity contribution >= 4 is 5.97 Å². The summed E-state index contributed by atoms with van der Waals surface area (Å²) in [5.41, 5.74) is 6.28. The quantitative estimate of drug-likeness (QED) is 0.793. The van der Waals surface area contributed by atoms with E-state index in [1.54, 1.807) is 14.0 Å². The number of benzene rings is 1. The number of carbonyl (C=O) groups is 1. The monoisotopic (exact) mass is 237 g/mol. The Labute approximate surface area is 102 Å². The van der Waals surface area contributed by atoms with Crippen molar-refractivity contribution in [3.8, 4) is 5.75 Å². The topological polar surface area (TPSA) is 61.5 Å². The first kappa shape index (κ1) is 13.5. The summed E-state index contributed by atoms with van der Waals surface area (Å²) in [7, 11) is 1.61. The SMILES string of the molecule is CCOC(=O)C[C@@](C)(N)c1ccc(OC)cc1. The number of rotatable bonds is 5. The van der Waals surface area contributed by atoms with Crippen LogP contribution in [0.4, 0.5) is 0 Å². The van der Waals surface area contributed by atoms with Crippen LogP contribution in [0.15, 0.2) is 24.3 Å². The van der Waals surface area contributed by atoms with Crippen LogP contribution in [0, 0.1) is 0 Å². The van der Waals surface area contributed by atoms with Crippen LogP contribution in [0.25, 0.3) is 0 Å². The highest BCUT2D eigenvalue weighted by Crippen LogP contribution is 2.24. The van der Waals surface area contributed by atoms with Gasteiger partial charge in [-0.2, -0.15) is 0 Å². The first-order chi connectivity index (χ1) is 7.99. The minimum Gasteiger partial charge on any atom is -0.497 e. The third kappa shape index (κ3) is 3.75. The van der Waals surface area contributed by atoms with Crippen LogP contribution in [0.5, 0.6) is 5.75 Å². The highest BCUT2D eigenvalue weighted by atomic mass is 16.5. The summed E-state index contributed by atoms with van der Waals surface area (Å²) in [5, 5.41) is 0. The molecule has 0 heterocycles. The molecule has 0 radical (unpaired) electrons. The van der Waals surface area contributed by atoms with E-state index in [0.29, 0.717) is 6.61 Å². The Kier molecular flexibility index (Phi) is 4.52. The van der Waals surface area contributed by atoms with E-state index in [1.807, 2.05) is 31.2 Å². The number of methoxy groups -OCH3 is 1. The summed E-state index contributed by atoms with van der Waals surface area (Å²) in [6, 6.07) is 7.37. The van der Waals surface area contributed by atoms with Crippen molar-refractivity contribution in [1.29, 1.82) is 0 Å². The molecule has 1 aromatic rings. The predicted octanol–water partition coefficient (Wildman–Crippen LogP) is 1.82. The fraction of sp³-hybridized carbons (Fsp3) is 0.462. The second-order valence-corrected chi connectivity index (χ2v) is 4.13. The molecule has 0 unspecified atom stereocenters. The minimum absolute atomic E-state index is 0.160. The second kappa shape index (κ2) is 5.68. The Morgan fingerprint density at radius 3 is 2.41 bits per heavy atom. The number of esters is 1. The van der Waals surface area contributed by atoms with Gasteiger partial charge in [0.25, 0.3) is 0 Å². The first-order valence-corrected chi connectivity index (χ1v) is 5.58. The molecule has 0 aliphatic rings. The van der Waals surface area contributed by atoms with Gasteiger partial charge in [-0.05, 0) is 31.5 Å². The molecule has 1 aromatic carbocycles. The molecule has 0 saturated heterocycles. The molecule has 0 aliphatic heterocycles. The Bertz CT molecular complexity index is 371. The van der Waals surface area contributed by atoms with E-state index in [9.17, 15) is 4.79 Å². The third-order valence-corrected chi connectivity index (χ3v) is 2.57. The lowest BCUT2D eigenvalue weighted by molar-refractivity contribution is -0.144. The molecule has 0 amide bonds. The molecule has 0 aromatic heterocycles. The smallest absolute Gasteiger partial charge is 0.307 e. The van der Waals surface area contributed by atoms with E-state index in [0.717, 1.165) is 11.3 Å². The molecule has 4 heteroatoms. The van der Waals surface area contributed by atoms with Crippen molar-refractivity contribution < 1.29 is 14.3 Å². The van der Waals surface area contributed by atoms with Gasteiger partial charge in [0.05, 0.1) is 20.1 Å². The lowest BCUT2D eigenvalue weighted by atomic mass is 9.90. The number of nitrogens with two attached hydrogens (primary N) is 1. The normalized spacial score (nSPS) is 13.9. The van der Waals surface area contributed by atoms with Crippen molar-refractivity contribution in [2.75, 3.05) is 13.7 Å². The van der Waals surface area contributed by atoms with E-state index in [2.05, 4.69) is 0 Å². The van der Waals surface area contributed by atoms with Gasteiger partial charge >= 0.3 is 5.97 Å². The molecule has 1 rings (SSSR count). The van der Waals surface area contributed by atoms with Crippen molar-refractivity contribution in [2.24, 2.45) is 5.73 Å². The summed E-state index contributed by atoms with van der Waals surface area (Å²) in [4.78, 5) is 11.4. The summed E-state index contributed by atoms with van der Waals surface area (Å²) in [6.07, 6.45) is 0.160. The molecule has 0 bridgehead atoms. The number of carbonyl (C=O) groups excluding carboxylic acids is 1. The van der Waals surface area contributed by atoms with Crippen molar-refractivity contribution in [1.82, 2.24) is 0 Å². The van der Waals surface area contributed by atoms with Gasteiger partial charge in [-0.1, -0.05) is 12.1 Å². The van der Waals surface area contributed by atoms with Gasteiger partial charge in [-0.3, -0.25) is 4.79 Å². The van der Waals surface area contributed by atoms with E-state index in [4.69, 9.17) is 15.2 Å². The zero-order chi connectivity index (χ0) is 12.9. The van der Waals surface area contributed by atoms with Crippen molar-refractivity contribution in [3.63, 3.8) is 0 Å². The molecule has 1 atom stereocenters. The van der Waals surface area contributed by atoms with Gasteiger partial charge in [-0.25, -0.2) is 0 Å². The van der Waals surface area contributed by atoms with Crippen LogP contribution in [-0.4, -0.2) is 19.7 Å². The van der Waals surface area contributed by atoms with E-state index < -0.39 is 5.54 Å². The molecule has 0 saturated carbocycles. The third-order valence-electron chi connectivity index (χ3n) is 2.57. The maximum absolute atomic E-state index is 11.4. The van der Waals surface area contributed by atoms with Crippen LogP contribution in [-0.2, 0) is 15.1 Å². The van der Waals surface area contributed by atoms with E-state index in [1.165, 1.54) is 0 Å². The minimum atomic E-state index is -0.724. The summed E-state index contributed by atoms with van der Waals surface area (Å²) in [5.74, 6) is 0.481. The molecule has 0 fully saturated rings. The van der Waals surface area contributed by atoms with Crippen LogP contribution >= 0.6 is 0 Å². The highest BCUT2D eigenvalue weighted by molar-refractivity contribution is 5.71. The number of hydrogen-bond donors (Lipinski definition) is 1. The van der Waals surface area contributed by atoms with E-state index in [-0.39, 0.29) is 12.4 Å². The Morgan fingerprint density at radius 1 is 1.35 bits per heavy atom. The summed E-state index contributed by atoms with van der Waals surface area (Å²) < 4.78 is 9.97. The number of ether oxygens (including phenoxy) is 2. The Balaban J connectivity index is 2.77. The van der Waals surface area contributed by atoms with Crippen LogP contribution in [0.3, 0.4) is 0 Å². The zero-order valence-electron chi connectivity index (χ0n) is 10.5. The Morgan fingerprint density at radius 2 is 1.94 bits per heavy atom. The van der Waals surface area contributed by atoms with E-state index >= 15 is 0 Å². The standard InChI is InChI=1S/C13H19NO3/c1-4-17-12(15)9-13(2,14)10-5-7-11(16-3)8-6-10/h5-8H,4,9,14H2,1-3H3/t13-/m1/s1. The lowest BCUT2D eigenvalue weighted by Crippen LogP contribution is -2.36. The maximum Gasteiger partial charge on any atom is 0.307 e.